The molecule has 0 unspecified atom stereocenters. The first-order chi connectivity index (χ1) is 31.0. The second kappa shape index (κ2) is 24.7. The molecule has 1 N–H and O–H groups in total. The van der Waals surface area contributed by atoms with Gasteiger partial charge in [-0.15, -0.1) is 0 Å². The largest absolute Gasteiger partial charge is 0.494 e. The number of thioether (sulfide) groups is 1. The van der Waals surface area contributed by atoms with Gasteiger partial charge in [-0.25, -0.2) is 0 Å². The van der Waals surface area contributed by atoms with Crippen LogP contribution in [-0.4, -0.2) is 104 Å². The highest BCUT2D eigenvalue weighted by atomic mass is 32.2. The lowest BCUT2D eigenvalue weighted by Gasteiger charge is -2.51. The highest BCUT2D eigenvalue weighted by molar-refractivity contribution is 7.99. The zero-order valence-electron chi connectivity index (χ0n) is 37.1. The number of carbonyl (C=O) groups is 4. The molecule has 11 atom stereocenters. The van der Waals surface area contributed by atoms with E-state index in [1.165, 1.54) is 65.1 Å². The summed E-state index contributed by atoms with van der Waals surface area (Å²) in [6.45, 7) is 7.63. The lowest BCUT2D eigenvalue weighted by molar-refractivity contribution is -0.353. The topological polar surface area (TPSA) is 173 Å². The molecule has 3 aliphatic rings. The van der Waals surface area contributed by atoms with Gasteiger partial charge in [0.15, 0.2) is 24.8 Å². The average Bonchev–Trinajstić information content (AvgIpc) is 3.27. The summed E-state index contributed by atoms with van der Waals surface area (Å²) in [6, 6.07) is 25.6. The Morgan fingerprint density at radius 3 is 2.06 bits per heavy atom. The van der Waals surface area contributed by atoms with Crippen LogP contribution >= 0.6 is 11.8 Å². The summed E-state index contributed by atoms with van der Waals surface area (Å²) in [6.07, 6.45) is -2.31. The van der Waals surface area contributed by atoms with Gasteiger partial charge in [-0.05, 0) is 36.2 Å². The third kappa shape index (κ3) is 14.2. The molecule has 3 aliphatic heterocycles. The van der Waals surface area contributed by atoms with Gasteiger partial charge < -0.3 is 52.7 Å². The van der Waals surface area contributed by atoms with Gasteiger partial charge in [-0.2, -0.15) is 0 Å². The predicted molar refractivity (Wildman–Crippen MR) is 234 cm³/mol. The number of fused-ring (bicyclic) bond motifs is 1. The summed E-state index contributed by atoms with van der Waals surface area (Å²) in [5.41, 5.74) is 0.873. The van der Waals surface area contributed by atoms with Crippen LogP contribution in [0.4, 0.5) is 0 Å². The van der Waals surface area contributed by atoms with E-state index in [1.807, 2.05) is 84.9 Å². The molecule has 0 aromatic heterocycles. The highest BCUT2D eigenvalue weighted by Crippen LogP contribution is 2.43. The number of ether oxygens (including phenoxy) is 10. The number of hydrogen-bond acceptors (Lipinski definition) is 15. The number of rotatable bonds is 21. The molecule has 348 valence electrons. The van der Waals surface area contributed by atoms with Gasteiger partial charge in [0.05, 0.1) is 19.8 Å². The summed E-state index contributed by atoms with van der Waals surface area (Å²) in [5.74, 6) is -1.85. The molecule has 3 fully saturated rings. The maximum Gasteiger partial charge on any atom is 0.303 e. The zero-order valence-corrected chi connectivity index (χ0v) is 37.9. The number of benzene rings is 3. The van der Waals surface area contributed by atoms with E-state index in [0.717, 1.165) is 34.6 Å². The normalized spacial score (nSPS) is 27.7. The molecule has 15 nitrogen and oxygen atoms in total. The Morgan fingerprint density at radius 1 is 0.719 bits per heavy atom. The molecule has 64 heavy (non-hydrogen) atoms. The van der Waals surface area contributed by atoms with E-state index in [4.69, 9.17) is 47.4 Å². The Hall–Kier alpha value is -4.55. The molecule has 0 saturated carbocycles. The van der Waals surface area contributed by atoms with Gasteiger partial charge in [0.25, 0.3) is 0 Å². The van der Waals surface area contributed by atoms with Crippen LogP contribution < -0.4 is 10.1 Å². The quantitative estimate of drug-likeness (QED) is 0.0659. The third-order valence-corrected chi connectivity index (χ3v) is 12.0. The van der Waals surface area contributed by atoms with E-state index in [-0.39, 0.29) is 13.2 Å². The number of esters is 3. The van der Waals surface area contributed by atoms with Crippen molar-refractivity contribution in [3.63, 3.8) is 0 Å². The van der Waals surface area contributed by atoms with E-state index in [2.05, 4.69) is 12.2 Å². The molecule has 16 heteroatoms. The molecule has 0 bridgehead atoms. The smallest absolute Gasteiger partial charge is 0.303 e. The van der Waals surface area contributed by atoms with E-state index >= 15 is 0 Å². The Labute approximate surface area is 379 Å². The van der Waals surface area contributed by atoms with E-state index < -0.39 is 97.2 Å². The summed E-state index contributed by atoms with van der Waals surface area (Å²) in [7, 11) is 0. The van der Waals surface area contributed by atoms with Crippen LogP contribution in [0.1, 0.15) is 90.6 Å². The van der Waals surface area contributed by atoms with E-state index in [0.29, 0.717) is 6.61 Å². The van der Waals surface area contributed by atoms with Crippen molar-refractivity contribution in [1.29, 1.82) is 0 Å². The van der Waals surface area contributed by atoms with Crippen LogP contribution in [0.5, 0.6) is 5.75 Å². The molecular formula is C48H61NO14S. The fourth-order valence-corrected chi connectivity index (χ4v) is 9.02. The maximum absolute atomic E-state index is 12.9. The Morgan fingerprint density at radius 2 is 1.39 bits per heavy atom. The average molecular weight is 908 g/mol. The van der Waals surface area contributed by atoms with Crippen LogP contribution in [0.2, 0.25) is 0 Å². The molecule has 0 radical (unpaired) electrons. The minimum atomic E-state index is -1.42. The number of nitrogens with one attached hydrogen (secondary N) is 1. The predicted octanol–water partition coefficient (Wildman–Crippen LogP) is 6.98. The van der Waals surface area contributed by atoms with Crippen LogP contribution in [0.15, 0.2) is 89.8 Å². The second-order valence-corrected chi connectivity index (χ2v) is 17.2. The molecule has 0 aliphatic carbocycles. The number of carbonyl (C=O) groups excluding carboxylic acids is 4. The van der Waals surface area contributed by atoms with Crippen molar-refractivity contribution in [3.8, 4) is 5.75 Å². The lowest BCUT2D eigenvalue weighted by Crippen LogP contribution is -2.69. The summed E-state index contributed by atoms with van der Waals surface area (Å²) < 4.78 is 63.1. The summed E-state index contributed by atoms with van der Waals surface area (Å²) >= 11 is 1.38. The van der Waals surface area contributed by atoms with E-state index in [9.17, 15) is 19.2 Å². The van der Waals surface area contributed by atoms with Crippen LogP contribution in [-0.2, 0) is 68.4 Å². The van der Waals surface area contributed by atoms with Crippen molar-refractivity contribution in [3.05, 3.63) is 96.1 Å². The minimum absolute atomic E-state index is 0.164. The molecule has 3 saturated heterocycles. The van der Waals surface area contributed by atoms with Gasteiger partial charge in [0, 0.05) is 38.2 Å². The van der Waals surface area contributed by atoms with Gasteiger partial charge in [-0.1, -0.05) is 111 Å². The van der Waals surface area contributed by atoms with Crippen molar-refractivity contribution in [2.24, 2.45) is 0 Å². The maximum atomic E-state index is 12.9. The van der Waals surface area contributed by atoms with E-state index in [1.54, 1.807) is 0 Å². The van der Waals surface area contributed by atoms with Crippen molar-refractivity contribution in [2.75, 3.05) is 19.8 Å². The lowest BCUT2D eigenvalue weighted by atomic mass is 9.95. The fourth-order valence-electron chi connectivity index (χ4n) is 7.90. The molecule has 3 aromatic carbocycles. The summed E-state index contributed by atoms with van der Waals surface area (Å²) in [5, 5.41) is 2.81. The van der Waals surface area contributed by atoms with Gasteiger partial charge in [0.1, 0.15) is 54.4 Å². The standard InChI is InChI=1S/C48H61NO14S/c1-6-7-8-9-10-17-26-54-36-22-24-37(25-23-36)64-48-45(63-47-40(49-30(2)50)43(59-33(5)53)41(58-32(4)52)38(60-47)28-55-31(3)51)44(56-27-34-18-13-11-14-19-34)42-39(61-48)29-57-46(62-42)35-20-15-12-16-21-35/h11-16,18-25,38-48H,6-10,17,26-29H2,1-5H3,(H,49,50)/t38-,39-,40-,41-,42-,43-,44+,45+,46-,47+,48-/m1/s1. The van der Waals surface area contributed by atoms with Crippen molar-refractivity contribution < 1.29 is 66.5 Å². The second-order valence-electron chi connectivity index (χ2n) is 16.0. The Bertz CT molecular complexity index is 1920. The van der Waals surface area contributed by atoms with Gasteiger partial charge >= 0.3 is 17.9 Å². The number of hydrogen-bond donors (Lipinski definition) is 1. The molecule has 1 amide bonds. The zero-order chi connectivity index (χ0) is 45.4. The van der Waals surface area contributed by atoms with Crippen molar-refractivity contribution >= 4 is 35.6 Å². The van der Waals surface area contributed by atoms with Crippen molar-refractivity contribution in [1.82, 2.24) is 5.32 Å². The SMILES string of the molecule is CCCCCCCCOc1ccc(S[C@H]2O[C@@H]3CO[C@@H](c4ccccc4)O[C@H]3[C@H](OCc3ccccc3)[C@@H]2O[C@@H]2O[C@H](COC(C)=O)[C@@H](OC(C)=O)[C@H](OC(C)=O)[C@H]2NC(C)=O)cc1. The number of unbranched alkanes of at least 4 members (excludes halogenated alkanes) is 5. The molecule has 6 rings (SSSR count). The first kappa shape index (κ1) is 48.9. The highest BCUT2D eigenvalue weighted by Gasteiger charge is 2.56. The molecular weight excluding hydrogens is 847 g/mol. The van der Waals surface area contributed by atoms with Gasteiger partial charge in [0.2, 0.25) is 5.91 Å². The van der Waals surface area contributed by atoms with Crippen LogP contribution in [0.3, 0.4) is 0 Å². The third-order valence-electron chi connectivity index (χ3n) is 10.8. The molecule has 3 aromatic rings. The van der Waals surface area contributed by atoms with Crippen LogP contribution in [0.25, 0.3) is 0 Å². The first-order valence-corrected chi connectivity index (χ1v) is 22.9. The molecule has 0 spiro atoms. The monoisotopic (exact) mass is 907 g/mol. The summed E-state index contributed by atoms with van der Waals surface area (Å²) in [4.78, 5) is 51.0. The minimum Gasteiger partial charge on any atom is -0.494 e. The van der Waals surface area contributed by atoms with Crippen molar-refractivity contribution in [2.45, 2.75) is 151 Å². The Balaban J connectivity index is 1.36. The fraction of sp³-hybridized carbons (Fsp3) is 0.542. The number of amides is 1. The van der Waals surface area contributed by atoms with Crippen LogP contribution in [0, 0.1) is 0 Å². The molecule has 3 heterocycles. The van der Waals surface area contributed by atoms with Gasteiger partial charge in [-0.3, -0.25) is 19.2 Å². The first-order valence-electron chi connectivity index (χ1n) is 22.1. The Kier molecular flexibility index (Phi) is 18.8.